The molecular weight excluding hydrogens is 749 g/mol. The van der Waals surface area contributed by atoms with Gasteiger partial charge in [-0.05, 0) is 133 Å². The summed E-state index contributed by atoms with van der Waals surface area (Å²) in [5.74, 6) is 0. The first-order valence-electron chi connectivity index (χ1n) is 21.8. The van der Waals surface area contributed by atoms with E-state index < -0.39 is 0 Å². The molecule has 0 radical (unpaired) electrons. The summed E-state index contributed by atoms with van der Waals surface area (Å²) in [7, 11) is 0. The number of aromatic nitrogens is 1. The van der Waals surface area contributed by atoms with E-state index in [0.29, 0.717) is 0 Å². The molecule has 0 aliphatic heterocycles. The van der Waals surface area contributed by atoms with Crippen LogP contribution in [0.15, 0.2) is 206 Å². The molecule has 296 valence electrons. The molecule has 0 saturated heterocycles. The van der Waals surface area contributed by atoms with Crippen molar-refractivity contribution < 1.29 is 0 Å². The van der Waals surface area contributed by atoms with Crippen LogP contribution in [-0.4, -0.2) is 4.57 Å². The van der Waals surface area contributed by atoms with Gasteiger partial charge < -0.3 is 9.47 Å². The van der Waals surface area contributed by atoms with E-state index in [9.17, 15) is 0 Å². The van der Waals surface area contributed by atoms with E-state index in [1.165, 1.54) is 106 Å². The van der Waals surface area contributed by atoms with E-state index in [-0.39, 0.29) is 10.8 Å². The third-order valence-electron chi connectivity index (χ3n) is 14.0. The minimum Gasteiger partial charge on any atom is -0.310 e. The van der Waals surface area contributed by atoms with Crippen molar-refractivity contribution in [2.75, 3.05) is 4.90 Å². The number of anilines is 3. The van der Waals surface area contributed by atoms with Crippen molar-refractivity contribution >= 4 is 38.9 Å². The largest absolute Gasteiger partial charge is 0.310 e. The molecule has 1 aromatic heterocycles. The lowest BCUT2D eigenvalue weighted by Crippen LogP contribution is -2.18. The van der Waals surface area contributed by atoms with Gasteiger partial charge in [-0.15, -0.1) is 0 Å². The molecule has 2 heteroatoms. The maximum absolute atomic E-state index is 2.45. The molecule has 0 N–H and O–H groups in total. The minimum absolute atomic E-state index is 0.0992. The molecule has 10 aromatic rings. The molecule has 2 nitrogen and oxygen atoms in total. The molecule has 62 heavy (non-hydrogen) atoms. The lowest BCUT2D eigenvalue weighted by atomic mass is 9.82. The quantitative estimate of drug-likeness (QED) is 0.163. The standard InChI is InChI=1S/C60H46N2/c1-59(2)53-19-11-8-16-47(53)49-33-31-45(37-55(49)59)61(46-32-34-50-48-17-9-12-20-54(48)60(3,4)56(50)38-46)44-29-26-40(27-30-44)39-22-24-41(25-23-39)42-28-35-58-52(36-42)51-18-10-13-21-57(51)62(58)43-14-6-5-7-15-43/h5-38H,1-4H3. The highest BCUT2D eigenvalue weighted by Crippen LogP contribution is 2.53. The monoisotopic (exact) mass is 794 g/mol. The molecule has 1 heterocycles. The van der Waals surface area contributed by atoms with Crippen molar-refractivity contribution in [3.05, 3.63) is 229 Å². The highest BCUT2D eigenvalue weighted by atomic mass is 15.1. The summed E-state index contributed by atoms with van der Waals surface area (Å²) in [6.07, 6.45) is 0. The topological polar surface area (TPSA) is 8.17 Å². The van der Waals surface area contributed by atoms with Crippen LogP contribution >= 0.6 is 0 Å². The van der Waals surface area contributed by atoms with Crippen LogP contribution in [0.5, 0.6) is 0 Å². The Morgan fingerprint density at radius 1 is 0.323 bits per heavy atom. The van der Waals surface area contributed by atoms with E-state index in [0.717, 1.165) is 5.69 Å². The van der Waals surface area contributed by atoms with Crippen LogP contribution in [0.25, 0.3) is 72.0 Å². The number of para-hydroxylation sites is 2. The Kier molecular flexibility index (Phi) is 7.96. The molecule has 0 atom stereocenters. The average Bonchev–Trinajstić information content (AvgIpc) is 3.86. The summed E-state index contributed by atoms with van der Waals surface area (Å²) in [6.45, 7) is 9.46. The Labute approximate surface area is 364 Å². The van der Waals surface area contributed by atoms with Gasteiger partial charge >= 0.3 is 0 Å². The van der Waals surface area contributed by atoms with Gasteiger partial charge in [0, 0.05) is 44.4 Å². The Morgan fingerprint density at radius 3 is 1.35 bits per heavy atom. The third-order valence-corrected chi connectivity index (χ3v) is 14.0. The number of benzene rings is 9. The Bertz CT molecular complexity index is 3280. The number of nitrogens with zero attached hydrogens (tertiary/aromatic N) is 2. The number of rotatable bonds is 6. The predicted molar refractivity (Wildman–Crippen MR) is 261 cm³/mol. The Balaban J connectivity index is 0.911. The zero-order valence-electron chi connectivity index (χ0n) is 35.5. The normalized spacial score (nSPS) is 14.1. The van der Waals surface area contributed by atoms with E-state index in [2.05, 4.69) is 243 Å². The molecule has 0 saturated carbocycles. The molecule has 0 spiro atoms. The van der Waals surface area contributed by atoms with Gasteiger partial charge in [0.2, 0.25) is 0 Å². The number of fused-ring (bicyclic) bond motifs is 9. The average molecular weight is 795 g/mol. The lowest BCUT2D eigenvalue weighted by Gasteiger charge is -2.30. The fraction of sp³-hybridized carbons (Fsp3) is 0.100. The molecule has 12 rings (SSSR count). The summed E-state index contributed by atoms with van der Waals surface area (Å²) >= 11 is 0. The number of hydrogen-bond acceptors (Lipinski definition) is 1. The molecule has 0 bridgehead atoms. The van der Waals surface area contributed by atoms with Gasteiger partial charge in [-0.2, -0.15) is 0 Å². The van der Waals surface area contributed by atoms with Crippen LogP contribution in [-0.2, 0) is 10.8 Å². The van der Waals surface area contributed by atoms with Gasteiger partial charge in [0.15, 0.2) is 0 Å². The zero-order valence-corrected chi connectivity index (χ0v) is 35.5. The van der Waals surface area contributed by atoms with Gasteiger partial charge in [0.1, 0.15) is 0 Å². The van der Waals surface area contributed by atoms with Crippen molar-refractivity contribution in [3.8, 4) is 50.2 Å². The van der Waals surface area contributed by atoms with Crippen molar-refractivity contribution in [2.45, 2.75) is 38.5 Å². The lowest BCUT2D eigenvalue weighted by molar-refractivity contribution is 0.660. The SMILES string of the molecule is CC1(C)c2ccccc2-c2ccc(N(c3ccc(-c4ccc(-c5ccc6c(c5)c5ccccc5n6-c5ccccc5)cc4)cc3)c3ccc4c(c3)C(C)(C)c3ccccc3-4)cc21. The molecular formula is C60H46N2. The van der Waals surface area contributed by atoms with Crippen molar-refractivity contribution in [1.29, 1.82) is 0 Å². The van der Waals surface area contributed by atoms with Crippen LogP contribution in [0, 0.1) is 0 Å². The van der Waals surface area contributed by atoms with E-state index in [4.69, 9.17) is 0 Å². The van der Waals surface area contributed by atoms with E-state index in [1.54, 1.807) is 0 Å². The first-order chi connectivity index (χ1) is 30.3. The molecule has 0 unspecified atom stereocenters. The maximum Gasteiger partial charge on any atom is 0.0541 e. The predicted octanol–water partition coefficient (Wildman–Crippen LogP) is 16.2. The molecule has 9 aromatic carbocycles. The third kappa shape index (κ3) is 5.43. The second-order valence-electron chi connectivity index (χ2n) is 18.2. The smallest absolute Gasteiger partial charge is 0.0541 e. The van der Waals surface area contributed by atoms with Gasteiger partial charge in [-0.25, -0.2) is 0 Å². The summed E-state index contributed by atoms with van der Waals surface area (Å²) in [5.41, 5.74) is 22.6. The highest BCUT2D eigenvalue weighted by Gasteiger charge is 2.37. The maximum atomic E-state index is 2.45. The Morgan fingerprint density at radius 2 is 0.758 bits per heavy atom. The van der Waals surface area contributed by atoms with Crippen LogP contribution < -0.4 is 4.90 Å². The first kappa shape index (κ1) is 36.4. The van der Waals surface area contributed by atoms with Crippen LogP contribution in [0.4, 0.5) is 17.1 Å². The zero-order chi connectivity index (χ0) is 41.7. The molecule has 2 aliphatic carbocycles. The summed E-state index contributed by atoms with van der Waals surface area (Å²) in [4.78, 5) is 2.45. The summed E-state index contributed by atoms with van der Waals surface area (Å²) < 4.78 is 2.37. The van der Waals surface area contributed by atoms with Crippen LogP contribution in [0.1, 0.15) is 49.9 Å². The minimum atomic E-state index is -0.0992. The second kappa shape index (κ2) is 13.5. The highest BCUT2D eigenvalue weighted by molar-refractivity contribution is 6.10. The number of hydrogen-bond donors (Lipinski definition) is 0. The second-order valence-corrected chi connectivity index (χ2v) is 18.2. The molecule has 0 fully saturated rings. The van der Waals surface area contributed by atoms with Crippen molar-refractivity contribution in [3.63, 3.8) is 0 Å². The molecule has 2 aliphatic rings. The fourth-order valence-corrected chi connectivity index (χ4v) is 10.8. The van der Waals surface area contributed by atoms with Gasteiger partial charge in [0.25, 0.3) is 0 Å². The van der Waals surface area contributed by atoms with Crippen LogP contribution in [0.2, 0.25) is 0 Å². The summed E-state index contributed by atoms with van der Waals surface area (Å²) in [6, 6.07) is 76.5. The van der Waals surface area contributed by atoms with Crippen molar-refractivity contribution in [2.24, 2.45) is 0 Å². The van der Waals surface area contributed by atoms with Gasteiger partial charge in [0.05, 0.1) is 11.0 Å². The summed E-state index contributed by atoms with van der Waals surface area (Å²) in [5, 5.41) is 2.53. The van der Waals surface area contributed by atoms with Gasteiger partial charge in [-0.3, -0.25) is 0 Å². The van der Waals surface area contributed by atoms with E-state index >= 15 is 0 Å². The molecule has 0 amide bonds. The first-order valence-corrected chi connectivity index (χ1v) is 21.8. The fourth-order valence-electron chi connectivity index (χ4n) is 10.8. The van der Waals surface area contributed by atoms with Crippen molar-refractivity contribution in [1.82, 2.24) is 4.57 Å². The van der Waals surface area contributed by atoms with E-state index in [1.807, 2.05) is 0 Å². The Hall–Kier alpha value is -7.42. The van der Waals surface area contributed by atoms with Crippen LogP contribution in [0.3, 0.4) is 0 Å². The van der Waals surface area contributed by atoms with Gasteiger partial charge in [-0.1, -0.05) is 167 Å².